The molecule has 2 fully saturated rings. The lowest BCUT2D eigenvalue weighted by Crippen LogP contribution is -2.49. The Morgan fingerprint density at radius 3 is 2.47 bits per heavy atom. The van der Waals surface area contributed by atoms with Crippen LogP contribution in [-0.4, -0.2) is 54.1 Å². The topological polar surface area (TPSA) is 59.1 Å². The SMILES string of the molecule is COc1ccc(C(=O)N2CCC(N3C(=O)OC(c4ccccc4)C3C)CC2)cc1Br. The number of cyclic esters (lactones) is 1. The maximum Gasteiger partial charge on any atom is 0.411 e. The van der Waals surface area contributed by atoms with Crippen molar-refractivity contribution in [3.8, 4) is 5.75 Å². The van der Waals surface area contributed by atoms with E-state index < -0.39 is 0 Å². The molecule has 2 unspecified atom stereocenters. The highest BCUT2D eigenvalue weighted by Gasteiger charge is 2.44. The Labute approximate surface area is 184 Å². The third-order valence-electron chi connectivity index (χ3n) is 5.99. The summed E-state index contributed by atoms with van der Waals surface area (Å²) >= 11 is 3.44. The first-order chi connectivity index (χ1) is 14.5. The van der Waals surface area contributed by atoms with Crippen LogP contribution in [0.1, 0.15) is 41.8 Å². The lowest BCUT2D eigenvalue weighted by atomic mass is 9.98. The molecule has 2 amide bonds. The fraction of sp³-hybridized carbons (Fsp3) is 0.391. The number of likely N-dealkylation sites (tertiary alicyclic amines) is 1. The van der Waals surface area contributed by atoms with Gasteiger partial charge in [0.25, 0.3) is 5.91 Å². The first-order valence-corrected chi connectivity index (χ1v) is 11.0. The van der Waals surface area contributed by atoms with Gasteiger partial charge in [-0.2, -0.15) is 0 Å². The van der Waals surface area contributed by atoms with Gasteiger partial charge in [-0.3, -0.25) is 9.69 Å². The average Bonchev–Trinajstić information content (AvgIpc) is 3.08. The maximum atomic E-state index is 12.9. The third-order valence-corrected chi connectivity index (χ3v) is 6.61. The van der Waals surface area contributed by atoms with Crippen molar-refractivity contribution in [2.75, 3.05) is 20.2 Å². The zero-order chi connectivity index (χ0) is 21.3. The van der Waals surface area contributed by atoms with E-state index in [1.807, 2.05) is 47.1 Å². The summed E-state index contributed by atoms with van der Waals surface area (Å²) in [5, 5.41) is 0. The molecule has 0 radical (unpaired) electrons. The number of amides is 2. The largest absolute Gasteiger partial charge is 0.496 e. The monoisotopic (exact) mass is 472 g/mol. The van der Waals surface area contributed by atoms with E-state index >= 15 is 0 Å². The van der Waals surface area contributed by atoms with Gasteiger partial charge in [0.2, 0.25) is 0 Å². The van der Waals surface area contributed by atoms with Crippen LogP contribution in [-0.2, 0) is 4.74 Å². The minimum Gasteiger partial charge on any atom is -0.496 e. The number of ether oxygens (including phenoxy) is 2. The number of hydrogen-bond donors (Lipinski definition) is 0. The zero-order valence-corrected chi connectivity index (χ0v) is 18.7. The highest BCUT2D eigenvalue weighted by Crippen LogP contribution is 2.36. The van der Waals surface area contributed by atoms with Crippen molar-refractivity contribution in [1.29, 1.82) is 0 Å². The minimum absolute atomic E-state index is 0.00369. The molecule has 0 saturated carbocycles. The molecule has 2 saturated heterocycles. The van der Waals surface area contributed by atoms with Crippen molar-refractivity contribution in [2.24, 2.45) is 0 Å². The van der Waals surface area contributed by atoms with Gasteiger partial charge in [0.05, 0.1) is 17.6 Å². The summed E-state index contributed by atoms with van der Waals surface area (Å²) < 4.78 is 11.7. The molecule has 2 atom stereocenters. The van der Waals surface area contributed by atoms with E-state index in [9.17, 15) is 9.59 Å². The zero-order valence-electron chi connectivity index (χ0n) is 17.1. The molecule has 2 aliphatic heterocycles. The summed E-state index contributed by atoms with van der Waals surface area (Å²) in [5.74, 6) is 0.691. The van der Waals surface area contributed by atoms with E-state index in [0.29, 0.717) is 24.4 Å². The fourth-order valence-electron chi connectivity index (χ4n) is 4.38. The van der Waals surface area contributed by atoms with Crippen LogP contribution in [0, 0.1) is 0 Å². The Hall–Kier alpha value is -2.54. The summed E-state index contributed by atoms with van der Waals surface area (Å²) in [4.78, 5) is 29.2. The number of carbonyl (C=O) groups is 2. The number of carbonyl (C=O) groups excluding carboxylic acids is 2. The van der Waals surface area contributed by atoms with Gasteiger partial charge in [0.1, 0.15) is 11.9 Å². The van der Waals surface area contributed by atoms with Gasteiger partial charge in [-0.15, -0.1) is 0 Å². The summed E-state index contributed by atoms with van der Waals surface area (Å²) in [6.07, 6.45) is 0.962. The second kappa shape index (κ2) is 8.68. The first-order valence-electron chi connectivity index (χ1n) is 10.2. The maximum absolute atomic E-state index is 12.9. The van der Waals surface area contributed by atoms with Crippen molar-refractivity contribution >= 4 is 27.9 Å². The van der Waals surface area contributed by atoms with E-state index in [1.165, 1.54) is 0 Å². The minimum atomic E-state index is -0.264. The summed E-state index contributed by atoms with van der Waals surface area (Å²) in [6, 6.07) is 15.3. The van der Waals surface area contributed by atoms with Crippen LogP contribution in [0.3, 0.4) is 0 Å². The molecule has 2 aromatic rings. The molecule has 7 heteroatoms. The molecule has 0 N–H and O–H groups in total. The van der Waals surface area contributed by atoms with E-state index in [4.69, 9.17) is 9.47 Å². The molecule has 2 aliphatic rings. The highest BCUT2D eigenvalue weighted by molar-refractivity contribution is 9.10. The fourth-order valence-corrected chi connectivity index (χ4v) is 4.92. The molecular weight excluding hydrogens is 448 g/mol. The molecule has 30 heavy (non-hydrogen) atoms. The summed E-state index contributed by atoms with van der Waals surface area (Å²) in [5.41, 5.74) is 1.64. The van der Waals surface area contributed by atoms with Gasteiger partial charge in [-0.25, -0.2) is 4.79 Å². The van der Waals surface area contributed by atoms with E-state index in [-0.39, 0.29) is 30.2 Å². The average molecular weight is 473 g/mol. The molecule has 158 valence electrons. The Kier molecular flexibility index (Phi) is 5.99. The molecule has 2 heterocycles. The van der Waals surface area contributed by atoms with Crippen LogP contribution in [0.5, 0.6) is 5.75 Å². The van der Waals surface area contributed by atoms with Gasteiger partial charge in [0.15, 0.2) is 0 Å². The van der Waals surface area contributed by atoms with Crippen molar-refractivity contribution in [1.82, 2.24) is 9.80 Å². The second-order valence-electron chi connectivity index (χ2n) is 7.74. The number of piperidine rings is 1. The van der Waals surface area contributed by atoms with Crippen molar-refractivity contribution < 1.29 is 19.1 Å². The second-order valence-corrected chi connectivity index (χ2v) is 8.59. The normalized spacial score (nSPS) is 22.2. The van der Waals surface area contributed by atoms with E-state index in [2.05, 4.69) is 15.9 Å². The number of nitrogens with zero attached hydrogens (tertiary/aromatic N) is 2. The van der Waals surface area contributed by atoms with Crippen LogP contribution < -0.4 is 4.74 Å². The Morgan fingerprint density at radius 2 is 1.83 bits per heavy atom. The lowest BCUT2D eigenvalue weighted by Gasteiger charge is -2.37. The highest BCUT2D eigenvalue weighted by atomic mass is 79.9. The quantitative estimate of drug-likeness (QED) is 0.649. The van der Waals surface area contributed by atoms with Crippen LogP contribution in [0.15, 0.2) is 53.0 Å². The number of rotatable bonds is 4. The summed E-state index contributed by atoms with van der Waals surface area (Å²) in [6.45, 7) is 3.26. The standard InChI is InChI=1S/C23H25BrN2O4/c1-15-21(16-6-4-3-5-7-16)30-23(28)26(15)18-10-12-25(13-11-18)22(27)17-8-9-20(29-2)19(24)14-17/h3-9,14-15,18,21H,10-13H2,1-2H3. The van der Waals surface area contributed by atoms with Gasteiger partial charge in [-0.1, -0.05) is 30.3 Å². The van der Waals surface area contributed by atoms with E-state index in [1.54, 1.807) is 25.3 Å². The Balaban J connectivity index is 1.40. The molecule has 2 aromatic carbocycles. The molecule has 4 rings (SSSR count). The predicted molar refractivity (Wildman–Crippen MR) is 117 cm³/mol. The predicted octanol–water partition coefficient (Wildman–Crippen LogP) is 4.64. The number of halogens is 1. The molecule has 0 aromatic heterocycles. The lowest BCUT2D eigenvalue weighted by molar-refractivity contribution is 0.0640. The number of hydrogen-bond acceptors (Lipinski definition) is 4. The molecule has 0 bridgehead atoms. The van der Waals surface area contributed by atoms with Gasteiger partial charge < -0.3 is 14.4 Å². The van der Waals surface area contributed by atoms with Crippen molar-refractivity contribution in [2.45, 2.75) is 38.0 Å². The molecular formula is C23H25BrN2O4. The van der Waals surface area contributed by atoms with E-state index in [0.717, 1.165) is 22.9 Å². The Bertz CT molecular complexity index is 928. The third kappa shape index (κ3) is 3.90. The molecule has 0 spiro atoms. The van der Waals surface area contributed by atoms with Gasteiger partial charge in [-0.05, 0) is 59.5 Å². The molecule has 6 nitrogen and oxygen atoms in total. The summed E-state index contributed by atoms with van der Waals surface area (Å²) in [7, 11) is 1.60. The van der Waals surface area contributed by atoms with Crippen LogP contribution in [0.25, 0.3) is 0 Å². The first kappa shape index (κ1) is 20.7. The van der Waals surface area contributed by atoms with Crippen LogP contribution >= 0.6 is 15.9 Å². The number of methoxy groups -OCH3 is 1. The van der Waals surface area contributed by atoms with Crippen LogP contribution in [0.2, 0.25) is 0 Å². The van der Waals surface area contributed by atoms with Crippen molar-refractivity contribution in [3.05, 3.63) is 64.1 Å². The smallest absolute Gasteiger partial charge is 0.411 e. The van der Waals surface area contributed by atoms with Crippen LogP contribution in [0.4, 0.5) is 4.79 Å². The number of benzene rings is 2. The Morgan fingerprint density at radius 1 is 1.13 bits per heavy atom. The van der Waals surface area contributed by atoms with Gasteiger partial charge >= 0.3 is 6.09 Å². The van der Waals surface area contributed by atoms with Gasteiger partial charge in [0, 0.05) is 24.7 Å². The molecule has 0 aliphatic carbocycles. The van der Waals surface area contributed by atoms with Crippen molar-refractivity contribution in [3.63, 3.8) is 0 Å².